The smallest absolute Gasteiger partial charge is 0.404 e. The molecule has 0 saturated heterocycles. The van der Waals surface area contributed by atoms with E-state index in [1.807, 2.05) is 13.8 Å². The third-order valence-corrected chi connectivity index (χ3v) is 2.30. The molecule has 18 heavy (non-hydrogen) atoms. The van der Waals surface area contributed by atoms with Crippen molar-refractivity contribution in [2.24, 2.45) is 0 Å². The summed E-state index contributed by atoms with van der Waals surface area (Å²) in [4.78, 5) is 10.1. The van der Waals surface area contributed by atoms with Crippen molar-refractivity contribution in [2.45, 2.75) is 40.5 Å². The molecule has 1 aromatic rings. The second-order valence-electron chi connectivity index (χ2n) is 2.94. The van der Waals surface area contributed by atoms with Crippen LogP contribution in [-0.4, -0.2) is 35.0 Å². The summed E-state index contributed by atoms with van der Waals surface area (Å²) >= 11 is 1.42. The van der Waals surface area contributed by atoms with Crippen LogP contribution >= 0.6 is 11.3 Å². The molecule has 0 aliphatic carbocycles. The van der Waals surface area contributed by atoms with Gasteiger partial charge in [-0.05, 0) is 0 Å². The van der Waals surface area contributed by atoms with Crippen molar-refractivity contribution < 1.29 is 12.8 Å². The molecule has 1 aromatic heterocycles. The van der Waals surface area contributed by atoms with Gasteiger partial charge in [0.05, 0.1) is 0 Å². The summed E-state index contributed by atoms with van der Waals surface area (Å²) < 4.78 is 0. The summed E-state index contributed by atoms with van der Waals surface area (Å²) in [6.45, 7) is 8.62. The highest BCUT2D eigenvalue weighted by Gasteiger charge is 2.02. The zero-order valence-corrected chi connectivity index (χ0v) is 12.6. The van der Waals surface area contributed by atoms with Gasteiger partial charge in [0.2, 0.25) is 5.13 Å². The molecule has 1 amide bonds. The Bertz CT molecular complexity index is 314. The van der Waals surface area contributed by atoms with E-state index in [0.29, 0.717) is 13.0 Å². The van der Waals surface area contributed by atoms with E-state index in [1.54, 1.807) is 7.05 Å². The van der Waals surface area contributed by atoms with Crippen molar-refractivity contribution in [1.82, 2.24) is 15.5 Å². The summed E-state index contributed by atoms with van der Waals surface area (Å²) in [6, 6.07) is 0. The molecule has 0 atom stereocenters. The lowest BCUT2D eigenvalue weighted by Crippen LogP contribution is -2.23. The summed E-state index contributed by atoms with van der Waals surface area (Å²) in [5.74, 6) is 0. The van der Waals surface area contributed by atoms with Crippen molar-refractivity contribution in [1.29, 1.82) is 0 Å². The first-order valence-electron chi connectivity index (χ1n) is 6.10. The van der Waals surface area contributed by atoms with Gasteiger partial charge < -0.3 is 15.7 Å². The number of anilines is 1. The van der Waals surface area contributed by atoms with Crippen LogP contribution in [0.5, 0.6) is 0 Å². The second-order valence-corrected chi connectivity index (χ2v) is 4.00. The zero-order valence-electron chi connectivity index (χ0n) is 11.8. The molecule has 0 fully saturated rings. The SMILES string of the molecule is CC.CCC.CNc1nnc(CCNC(=O)O)s1.[HH].[HH]. The number of nitrogens with zero attached hydrogens (tertiary/aromatic N) is 2. The first-order chi connectivity index (χ1) is 8.63. The van der Waals surface area contributed by atoms with E-state index in [9.17, 15) is 4.79 Å². The van der Waals surface area contributed by atoms with E-state index in [0.717, 1.165) is 10.1 Å². The third-order valence-electron chi connectivity index (χ3n) is 1.30. The van der Waals surface area contributed by atoms with Crippen LogP contribution < -0.4 is 10.6 Å². The van der Waals surface area contributed by atoms with Crippen molar-refractivity contribution >= 4 is 22.6 Å². The van der Waals surface area contributed by atoms with Gasteiger partial charge in [-0.15, -0.1) is 10.2 Å². The maximum absolute atomic E-state index is 10.1. The molecule has 0 bridgehead atoms. The van der Waals surface area contributed by atoms with Crippen LogP contribution in [0.15, 0.2) is 0 Å². The number of amides is 1. The zero-order chi connectivity index (χ0) is 14.4. The summed E-state index contributed by atoms with van der Waals surface area (Å²) in [7, 11) is 1.76. The minimum Gasteiger partial charge on any atom is -0.465 e. The van der Waals surface area contributed by atoms with Gasteiger partial charge in [-0.2, -0.15) is 0 Å². The van der Waals surface area contributed by atoms with Crippen molar-refractivity contribution in [2.75, 3.05) is 18.9 Å². The van der Waals surface area contributed by atoms with E-state index >= 15 is 0 Å². The number of nitrogens with one attached hydrogen (secondary N) is 2. The molecule has 0 spiro atoms. The Kier molecular flexibility index (Phi) is 14.4. The number of carboxylic acid groups (broad SMARTS) is 1. The van der Waals surface area contributed by atoms with Crippen molar-refractivity contribution in [3.05, 3.63) is 5.01 Å². The molecule has 0 saturated carbocycles. The van der Waals surface area contributed by atoms with Gasteiger partial charge in [-0.3, -0.25) is 0 Å². The molecular weight excluding hydrogens is 252 g/mol. The molecule has 7 heteroatoms. The summed E-state index contributed by atoms with van der Waals surface area (Å²) in [5.41, 5.74) is 0. The molecule has 0 aliphatic rings. The summed E-state index contributed by atoms with van der Waals surface area (Å²) in [6.07, 6.45) is 0.810. The van der Waals surface area contributed by atoms with Gasteiger partial charge in [-0.1, -0.05) is 45.5 Å². The predicted octanol–water partition coefficient (Wildman–Crippen LogP) is 3.32. The number of rotatable bonds is 4. The Morgan fingerprint density at radius 1 is 1.39 bits per heavy atom. The topological polar surface area (TPSA) is 87.1 Å². The first kappa shape index (κ1) is 19.0. The standard InChI is InChI=1S/C6H10N4O2S.C3H8.C2H6.2H2/c1-7-5-10-9-4(13-5)2-3-8-6(11)12;1-3-2;1-2;;/h8H,2-3H2,1H3,(H,7,10)(H,11,12);3H2,1-2H3;1-2H3;2*1H. The lowest BCUT2D eigenvalue weighted by atomic mass is 10.4. The van der Waals surface area contributed by atoms with E-state index < -0.39 is 6.09 Å². The number of aromatic nitrogens is 2. The van der Waals surface area contributed by atoms with Gasteiger partial charge in [0.1, 0.15) is 5.01 Å². The van der Waals surface area contributed by atoms with Crippen molar-refractivity contribution in [3.8, 4) is 0 Å². The molecule has 1 heterocycles. The molecule has 0 radical (unpaired) electrons. The van der Waals surface area contributed by atoms with Crippen LogP contribution in [0.4, 0.5) is 9.93 Å². The maximum Gasteiger partial charge on any atom is 0.404 e. The van der Waals surface area contributed by atoms with Crippen LogP contribution in [0, 0.1) is 0 Å². The van der Waals surface area contributed by atoms with E-state index in [1.165, 1.54) is 17.8 Å². The molecule has 6 nitrogen and oxygen atoms in total. The Labute approximate surface area is 116 Å². The summed E-state index contributed by atoms with van der Waals surface area (Å²) in [5, 5.41) is 22.6. The predicted molar refractivity (Wildman–Crippen MR) is 80.7 cm³/mol. The van der Waals surface area contributed by atoms with E-state index in [-0.39, 0.29) is 2.85 Å². The molecule has 0 unspecified atom stereocenters. The molecule has 3 N–H and O–H groups in total. The fourth-order valence-corrected chi connectivity index (χ4v) is 1.42. The van der Waals surface area contributed by atoms with Crippen LogP contribution in [0.3, 0.4) is 0 Å². The first-order valence-corrected chi connectivity index (χ1v) is 6.92. The molecule has 110 valence electrons. The van der Waals surface area contributed by atoms with Crippen LogP contribution in [0.25, 0.3) is 0 Å². The van der Waals surface area contributed by atoms with Gasteiger partial charge in [0.25, 0.3) is 0 Å². The lowest BCUT2D eigenvalue weighted by molar-refractivity contribution is 0.194. The van der Waals surface area contributed by atoms with Crippen LogP contribution in [0.1, 0.15) is 42.0 Å². The monoisotopic (exact) mass is 280 g/mol. The van der Waals surface area contributed by atoms with Gasteiger partial charge in [0, 0.05) is 22.9 Å². The Morgan fingerprint density at radius 2 is 1.94 bits per heavy atom. The quantitative estimate of drug-likeness (QED) is 0.787. The fraction of sp³-hybridized carbons (Fsp3) is 0.727. The molecule has 1 rings (SSSR count). The van der Waals surface area contributed by atoms with Crippen LogP contribution in [-0.2, 0) is 6.42 Å². The second kappa shape index (κ2) is 13.7. The van der Waals surface area contributed by atoms with E-state index in [2.05, 4.69) is 34.7 Å². The van der Waals surface area contributed by atoms with Crippen molar-refractivity contribution in [3.63, 3.8) is 0 Å². The minimum atomic E-state index is -1.02. The number of hydrogen-bond acceptors (Lipinski definition) is 5. The molecule has 0 aliphatic heterocycles. The average Bonchev–Trinajstić information content (AvgIpc) is 2.80. The average molecular weight is 280 g/mol. The maximum atomic E-state index is 10.1. The Morgan fingerprint density at radius 3 is 2.33 bits per heavy atom. The largest absolute Gasteiger partial charge is 0.465 e. The fourth-order valence-electron chi connectivity index (χ4n) is 0.732. The highest BCUT2D eigenvalue weighted by atomic mass is 32.1. The highest BCUT2D eigenvalue weighted by molar-refractivity contribution is 7.15. The minimum absolute atomic E-state index is 0. The Hall–Kier alpha value is -1.37. The lowest BCUT2D eigenvalue weighted by Gasteiger charge is -1.95. The highest BCUT2D eigenvalue weighted by Crippen LogP contribution is 2.13. The normalized spacial score (nSPS) is 8.28. The number of hydrogen-bond donors (Lipinski definition) is 3. The molecular formula is C11H28N4O2S. The van der Waals surface area contributed by atoms with Crippen LogP contribution in [0.2, 0.25) is 0 Å². The van der Waals surface area contributed by atoms with Gasteiger partial charge >= 0.3 is 6.09 Å². The van der Waals surface area contributed by atoms with Gasteiger partial charge in [-0.25, -0.2) is 4.79 Å². The molecule has 0 aromatic carbocycles. The Balaban J connectivity index is -0.000000162. The number of carbonyl (C=O) groups is 1. The third kappa shape index (κ3) is 11.1. The van der Waals surface area contributed by atoms with Gasteiger partial charge in [0.15, 0.2) is 0 Å². The van der Waals surface area contributed by atoms with E-state index in [4.69, 9.17) is 5.11 Å².